The first kappa shape index (κ1) is 15.9. The van der Waals surface area contributed by atoms with E-state index in [1.165, 1.54) is 6.07 Å². The van der Waals surface area contributed by atoms with E-state index in [1.807, 2.05) is 12.3 Å². The smallest absolute Gasteiger partial charge is 0.165 e. The largest absolute Gasteiger partial charge is 0.484 e. The number of aryl methyl sites for hydroxylation is 1. The van der Waals surface area contributed by atoms with Crippen LogP contribution in [0.3, 0.4) is 0 Å². The van der Waals surface area contributed by atoms with E-state index < -0.39 is 0 Å². The first-order chi connectivity index (χ1) is 10.0. The predicted octanol–water partition coefficient (Wildman–Crippen LogP) is 3.92. The molecule has 0 radical (unpaired) electrons. The molecule has 0 aliphatic rings. The van der Waals surface area contributed by atoms with Crippen LogP contribution in [0.25, 0.3) is 0 Å². The molecule has 21 heavy (non-hydrogen) atoms. The molecule has 0 amide bonds. The SMILES string of the molecule is Cc1ccc(F)c(OCc2csc(CNCC(C)C)n2)c1. The molecule has 1 N–H and O–H groups in total. The molecule has 0 saturated carbocycles. The van der Waals surface area contributed by atoms with Gasteiger partial charge in [-0.2, -0.15) is 0 Å². The average Bonchev–Trinajstić information content (AvgIpc) is 2.87. The molecule has 5 heteroatoms. The average molecular weight is 308 g/mol. The van der Waals surface area contributed by atoms with Gasteiger partial charge in [0.1, 0.15) is 11.6 Å². The molecule has 114 valence electrons. The van der Waals surface area contributed by atoms with E-state index in [9.17, 15) is 4.39 Å². The maximum atomic E-state index is 13.6. The summed E-state index contributed by atoms with van der Waals surface area (Å²) in [6, 6.07) is 4.85. The van der Waals surface area contributed by atoms with Crippen LogP contribution in [0.1, 0.15) is 30.1 Å². The van der Waals surface area contributed by atoms with Crippen molar-refractivity contribution in [2.75, 3.05) is 6.54 Å². The molecule has 0 aliphatic heterocycles. The van der Waals surface area contributed by atoms with Gasteiger partial charge in [-0.3, -0.25) is 0 Å². The second kappa shape index (κ2) is 7.52. The van der Waals surface area contributed by atoms with Gasteiger partial charge in [-0.05, 0) is 37.1 Å². The summed E-state index contributed by atoms with van der Waals surface area (Å²) >= 11 is 1.60. The lowest BCUT2D eigenvalue weighted by molar-refractivity contribution is 0.286. The lowest BCUT2D eigenvalue weighted by Gasteiger charge is -2.06. The molecular formula is C16H21FN2OS. The zero-order valence-corrected chi connectivity index (χ0v) is 13.5. The van der Waals surface area contributed by atoms with Gasteiger partial charge < -0.3 is 10.1 Å². The Kier molecular flexibility index (Phi) is 5.70. The first-order valence-corrected chi connectivity index (χ1v) is 7.95. The molecule has 0 unspecified atom stereocenters. The highest BCUT2D eigenvalue weighted by atomic mass is 32.1. The number of halogens is 1. The summed E-state index contributed by atoms with van der Waals surface area (Å²) in [6.45, 7) is 8.28. The number of ether oxygens (including phenoxy) is 1. The quantitative estimate of drug-likeness (QED) is 0.842. The van der Waals surface area contributed by atoms with Crippen molar-refractivity contribution in [2.45, 2.75) is 33.9 Å². The van der Waals surface area contributed by atoms with Crippen LogP contribution in [0.4, 0.5) is 4.39 Å². The van der Waals surface area contributed by atoms with Crippen molar-refractivity contribution in [2.24, 2.45) is 5.92 Å². The third kappa shape index (κ3) is 5.10. The van der Waals surface area contributed by atoms with Gasteiger partial charge in [0.25, 0.3) is 0 Å². The monoisotopic (exact) mass is 308 g/mol. The number of rotatable bonds is 7. The van der Waals surface area contributed by atoms with E-state index in [2.05, 4.69) is 24.1 Å². The van der Waals surface area contributed by atoms with Crippen molar-refractivity contribution < 1.29 is 9.13 Å². The number of nitrogens with one attached hydrogen (secondary N) is 1. The zero-order chi connectivity index (χ0) is 15.2. The van der Waals surface area contributed by atoms with Gasteiger partial charge in [0.15, 0.2) is 11.6 Å². The molecule has 2 aromatic rings. The van der Waals surface area contributed by atoms with Crippen LogP contribution in [0.15, 0.2) is 23.6 Å². The van der Waals surface area contributed by atoms with E-state index >= 15 is 0 Å². The zero-order valence-electron chi connectivity index (χ0n) is 12.6. The van der Waals surface area contributed by atoms with Gasteiger partial charge in [0, 0.05) is 11.9 Å². The van der Waals surface area contributed by atoms with Gasteiger partial charge in [-0.15, -0.1) is 11.3 Å². The Morgan fingerprint density at radius 2 is 2.19 bits per heavy atom. The highest BCUT2D eigenvalue weighted by molar-refractivity contribution is 7.09. The lowest BCUT2D eigenvalue weighted by atomic mass is 10.2. The summed E-state index contributed by atoms with van der Waals surface area (Å²) in [7, 11) is 0. The fourth-order valence-corrected chi connectivity index (χ4v) is 2.59. The van der Waals surface area contributed by atoms with Gasteiger partial charge >= 0.3 is 0 Å². The Morgan fingerprint density at radius 3 is 2.95 bits per heavy atom. The topological polar surface area (TPSA) is 34.1 Å². The third-order valence-corrected chi connectivity index (χ3v) is 3.79. The van der Waals surface area contributed by atoms with Crippen LogP contribution in [0.2, 0.25) is 0 Å². The van der Waals surface area contributed by atoms with Crippen molar-refractivity contribution in [3.8, 4) is 5.75 Å². The maximum Gasteiger partial charge on any atom is 0.165 e. The molecule has 0 bridgehead atoms. The number of aromatic nitrogens is 1. The van der Waals surface area contributed by atoms with E-state index in [1.54, 1.807) is 23.5 Å². The summed E-state index contributed by atoms with van der Waals surface area (Å²) < 4.78 is 19.1. The van der Waals surface area contributed by atoms with Crippen molar-refractivity contribution in [3.63, 3.8) is 0 Å². The molecule has 0 atom stereocenters. The lowest BCUT2D eigenvalue weighted by Crippen LogP contribution is -2.18. The van der Waals surface area contributed by atoms with Crippen molar-refractivity contribution in [1.29, 1.82) is 0 Å². The van der Waals surface area contributed by atoms with Crippen LogP contribution < -0.4 is 10.1 Å². The Balaban J connectivity index is 1.86. The van der Waals surface area contributed by atoms with Gasteiger partial charge in [-0.1, -0.05) is 19.9 Å². The van der Waals surface area contributed by atoms with Crippen LogP contribution in [0.5, 0.6) is 5.75 Å². The van der Waals surface area contributed by atoms with Crippen LogP contribution in [0, 0.1) is 18.7 Å². The van der Waals surface area contributed by atoms with Crippen molar-refractivity contribution >= 4 is 11.3 Å². The summed E-state index contributed by atoms with van der Waals surface area (Å²) in [5, 5.41) is 6.34. The Bertz CT molecular complexity index is 583. The summed E-state index contributed by atoms with van der Waals surface area (Å²) in [5.41, 5.74) is 1.81. The first-order valence-electron chi connectivity index (χ1n) is 7.07. The fourth-order valence-electron chi connectivity index (χ4n) is 1.84. The van der Waals surface area contributed by atoms with Gasteiger partial charge in [0.05, 0.1) is 5.69 Å². The molecule has 0 fully saturated rings. The molecule has 0 spiro atoms. The normalized spacial score (nSPS) is 11.1. The molecule has 1 aromatic heterocycles. The van der Waals surface area contributed by atoms with E-state index in [0.717, 1.165) is 29.4 Å². The highest BCUT2D eigenvalue weighted by Gasteiger charge is 2.06. The van der Waals surface area contributed by atoms with Crippen molar-refractivity contribution in [3.05, 3.63) is 45.7 Å². The van der Waals surface area contributed by atoms with Gasteiger partial charge in [-0.25, -0.2) is 9.37 Å². The second-order valence-corrected chi connectivity index (χ2v) is 6.42. The fraction of sp³-hybridized carbons (Fsp3) is 0.438. The van der Waals surface area contributed by atoms with E-state index in [0.29, 0.717) is 12.5 Å². The number of benzene rings is 1. The third-order valence-electron chi connectivity index (χ3n) is 2.89. The Labute approximate surface area is 129 Å². The van der Waals surface area contributed by atoms with E-state index in [4.69, 9.17) is 4.74 Å². The minimum Gasteiger partial charge on any atom is -0.484 e. The van der Waals surface area contributed by atoms with Gasteiger partial charge in [0.2, 0.25) is 0 Å². The molecule has 0 aliphatic carbocycles. The predicted molar refractivity (Wildman–Crippen MR) is 84.1 cm³/mol. The minimum atomic E-state index is -0.338. The Hall–Kier alpha value is -1.46. The summed E-state index contributed by atoms with van der Waals surface area (Å²) in [4.78, 5) is 4.48. The standard InChI is InChI=1S/C16H21FN2OS/c1-11(2)7-18-8-16-19-13(10-21-16)9-20-15-6-12(3)4-5-14(15)17/h4-6,10-11,18H,7-9H2,1-3H3. The number of hydrogen-bond acceptors (Lipinski definition) is 4. The van der Waals surface area contributed by atoms with Crippen LogP contribution >= 0.6 is 11.3 Å². The van der Waals surface area contributed by atoms with E-state index in [-0.39, 0.29) is 11.6 Å². The number of hydrogen-bond donors (Lipinski definition) is 1. The molecule has 1 heterocycles. The molecule has 0 saturated heterocycles. The number of nitrogens with zero attached hydrogens (tertiary/aromatic N) is 1. The number of thiazole rings is 1. The van der Waals surface area contributed by atoms with Crippen LogP contribution in [-0.2, 0) is 13.2 Å². The highest BCUT2D eigenvalue weighted by Crippen LogP contribution is 2.20. The second-order valence-electron chi connectivity index (χ2n) is 5.48. The minimum absolute atomic E-state index is 0.280. The molecule has 2 rings (SSSR count). The Morgan fingerprint density at radius 1 is 1.38 bits per heavy atom. The molecular weight excluding hydrogens is 287 g/mol. The molecule has 3 nitrogen and oxygen atoms in total. The van der Waals surface area contributed by atoms with Crippen molar-refractivity contribution in [1.82, 2.24) is 10.3 Å². The summed E-state index contributed by atoms with van der Waals surface area (Å²) in [5.74, 6) is 0.564. The summed E-state index contributed by atoms with van der Waals surface area (Å²) in [6.07, 6.45) is 0. The maximum absolute atomic E-state index is 13.6. The molecule has 1 aromatic carbocycles. The van der Waals surface area contributed by atoms with Crippen LogP contribution in [-0.4, -0.2) is 11.5 Å².